The molecule has 2 N–H and O–H groups in total. The highest BCUT2D eigenvalue weighted by Crippen LogP contribution is 2.49. The molecule has 12 nitrogen and oxygen atoms in total. The van der Waals surface area contributed by atoms with Gasteiger partial charge in [0.05, 0.1) is 0 Å². The Kier molecular flexibility index (Phi) is 7.04. The lowest BCUT2D eigenvalue weighted by Gasteiger charge is -2.38. The Bertz CT molecular complexity index is 786. The van der Waals surface area contributed by atoms with Crippen LogP contribution in [0.5, 0.6) is 0 Å². The molecule has 0 spiro atoms. The number of esters is 3. The zero-order valence-corrected chi connectivity index (χ0v) is 17.0. The van der Waals surface area contributed by atoms with Crippen molar-refractivity contribution < 1.29 is 52.4 Å². The van der Waals surface area contributed by atoms with Gasteiger partial charge in [0.15, 0.2) is 24.2 Å². The maximum absolute atomic E-state index is 11.8. The number of nitrogens with zero attached hydrogens (tertiary/aromatic N) is 1. The molecule has 0 aliphatic carbocycles. The van der Waals surface area contributed by atoms with Crippen molar-refractivity contribution in [2.75, 3.05) is 6.61 Å². The van der Waals surface area contributed by atoms with E-state index in [0.29, 0.717) is 0 Å². The lowest BCUT2D eigenvalue weighted by atomic mass is 9.95. The summed E-state index contributed by atoms with van der Waals surface area (Å²) in [7, 11) is -4.84. The van der Waals surface area contributed by atoms with Gasteiger partial charge in [-0.1, -0.05) is 0 Å². The van der Waals surface area contributed by atoms with Crippen molar-refractivity contribution >= 4 is 31.4 Å². The van der Waals surface area contributed by atoms with Crippen molar-refractivity contribution in [1.82, 2.24) is 0 Å². The summed E-state index contributed by atoms with van der Waals surface area (Å²) in [5.74, 6) is -2.01. The predicted octanol–water partition coefficient (Wildman–Crippen LogP) is 0.0166. The van der Waals surface area contributed by atoms with Gasteiger partial charge >= 0.3 is 25.5 Å². The molecule has 0 saturated heterocycles. The van der Waals surface area contributed by atoms with Gasteiger partial charge in [0.25, 0.3) is 0 Å². The molecule has 0 aromatic carbocycles. The largest absolute Gasteiger partial charge is 0.476 e. The van der Waals surface area contributed by atoms with Crippen LogP contribution in [0.2, 0.25) is 0 Å². The van der Waals surface area contributed by atoms with E-state index in [1.807, 2.05) is 0 Å². The van der Waals surface area contributed by atoms with Crippen LogP contribution < -0.4 is 0 Å². The topological polar surface area (TPSA) is 167 Å². The second kappa shape index (κ2) is 8.93. The molecule has 2 heterocycles. The molecule has 0 bridgehead atoms. The van der Waals surface area contributed by atoms with Gasteiger partial charge < -0.3 is 33.5 Å². The molecule has 0 amide bonds. The van der Waals surface area contributed by atoms with Crippen LogP contribution in [0, 0.1) is 0 Å². The molecule has 13 heteroatoms. The average Bonchev–Trinajstić information content (AvgIpc) is 2.94. The van der Waals surface area contributed by atoms with Crippen molar-refractivity contribution in [1.29, 1.82) is 0 Å². The third-order valence-corrected chi connectivity index (χ3v) is 4.75. The van der Waals surface area contributed by atoms with Gasteiger partial charge in [0.2, 0.25) is 5.50 Å². The summed E-state index contributed by atoms with van der Waals surface area (Å²) in [6.07, 6.45) is -3.83. The molecular formula is C16H22NO11P. The van der Waals surface area contributed by atoms with Crippen molar-refractivity contribution in [3.05, 3.63) is 11.6 Å². The molecule has 29 heavy (non-hydrogen) atoms. The number of hydrogen-bond acceptors (Lipinski definition) is 10. The minimum atomic E-state index is -4.84. The van der Waals surface area contributed by atoms with Gasteiger partial charge in [-0.25, -0.2) is 4.99 Å². The number of rotatable bonds is 7. The van der Waals surface area contributed by atoms with E-state index >= 15 is 0 Å². The Labute approximate surface area is 166 Å². The maximum atomic E-state index is 11.8. The third kappa shape index (κ3) is 6.02. The number of fused-ring (bicyclic) bond motifs is 1. The summed E-state index contributed by atoms with van der Waals surface area (Å²) in [4.78, 5) is 57.7. The van der Waals surface area contributed by atoms with E-state index in [9.17, 15) is 28.7 Å². The first kappa shape index (κ1) is 22.9. The molecule has 0 radical (unpaired) electrons. The van der Waals surface area contributed by atoms with Crippen molar-refractivity contribution in [3.63, 3.8) is 0 Å². The van der Waals surface area contributed by atoms with Crippen LogP contribution in [0.3, 0.4) is 0 Å². The Morgan fingerprint density at radius 3 is 2.28 bits per heavy atom. The summed E-state index contributed by atoms with van der Waals surface area (Å²) < 4.78 is 37.9. The highest BCUT2D eigenvalue weighted by Gasteiger charge is 2.51. The highest BCUT2D eigenvalue weighted by atomic mass is 31.2. The second-order valence-corrected chi connectivity index (χ2v) is 7.91. The minimum absolute atomic E-state index is 0.224. The summed E-state index contributed by atoms with van der Waals surface area (Å²) in [6, 6.07) is -0.856. The standard InChI is InChI=1S/C16H22NO11P/c1-7-17-14-11(25-7)5-13(29(21,22)23)28-16(14)15(27-10(4)20)12(26-9(3)19)6-24-8(2)18/h5,11-12,14-16H,6H2,1-4H3,(H2,21,22,23)/t11-,12-,14-,15-,16-/m1/s1. The normalized spacial score (nSPS) is 25.2. The SMILES string of the molecule is CC(=O)OC[C@@H](OC(C)=O)[C@@H](OC(C)=O)[C@@H]1OC(P(=O)(O)O)=C[C@H]2OC(C)=N[C@@H]12. The first-order chi connectivity index (χ1) is 13.4. The second-order valence-electron chi connectivity index (χ2n) is 6.38. The zero-order valence-electron chi connectivity index (χ0n) is 16.1. The number of ether oxygens (including phenoxy) is 5. The third-order valence-electron chi connectivity index (χ3n) is 3.92. The number of carbonyl (C=O) groups excluding carboxylic acids is 3. The summed E-state index contributed by atoms with van der Waals surface area (Å²) in [5.41, 5.74) is -0.695. The fourth-order valence-electron chi connectivity index (χ4n) is 2.94. The van der Waals surface area contributed by atoms with Crippen molar-refractivity contribution in [3.8, 4) is 0 Å². The fourth-order valence-corrected chi connectivity index (χ4v) is 3.54. The van der Waals surface area contributed by atoms with E-state index in [2.05, 4.69) is 4.99 Å². The van der Waals surface area contributed by atoms with Gasteiger partial charge in [0, 0.05) is 33.8 Å². The van der Waals surface area contributed by atoms with Crippen molar-refractivity contribution in [2.45, 2.75) is 58.2 Å². The Hall–Kier alpha value is -2.43. The van der Waals surface area contributed by atoms with Crippen LogP contribution in [0.4, 0.5) is 0 Å². The Morgan fingerprint density at radius 2 is 1.76 bits per heavy atom. The van der Waals surface area contributed by atoms with Gasteiger partial charge in [-0.3, -0.25) is 18.9 Å². The van der Waals surface area contributed by atoms with E-state index < -0.39 is 68.1 Å². The molecule has 2 aliphatic rings. The molecule has 162 valence electrons. The molecular weight excluding hydrogens is 413 g/mol. The smallest absolute Gasteiger partial charge is 0.390 e. The predicted molar refractivity (Wildman–Crippen MR) is 94.5 cm³/mol. The van der Waals surface area contributed by atoms with Crippen LogP contribution >= 0.6 is 7.60 Å². The van der Waals surface area contributed by atoms with E-state index in [4.69, 9.17) is 23.7 Å². The van der Waals surface area contributed by atoms with Gasteiger partial charge in [0.1, 0.15) is 18.8 Å². The van der Waals surface area contributed by atoms with Crippen LogP contribution in [-0.4, -0.2) is 70.7 Å². The number of aliphatic imine (C=N–C) groups is 1. The molecule has 2 rings (SSSR count). The van der Waals surface area contributed by atoms with Crippen LogP contribution in [-0.2, 0) is 42.6 Å². The molecule has 0 aromatic heterocycles. The monoisotopic (exact) mass is 435 g/mol. The first-order valence-electron chi connectivity index (χ1n) is 8.52. The number of hydrogen-bond donors (Lipinski definition) is 2. The first-order valence-corrected chi connectivity index (χ1v) is 10.1. The van der Waals surface area contributed by atoms with Gasteiger partial charge in [-0.15, -0.1) is 0 Å². The Balaban J connectivity index is 2.45. The van der Waals surface area contributed by atoms with Crippen LogP contribution in [0.25, 0.3) is 0 Å². The lowest BCUT2D eigenvalue weighted by molar-refractivity contribution is -0.186. The van der Waals surface area contributed by atoms with E-state index in [1.165, 1.54) is 6.92 Å². The molecule has 0 unspecified atom stereocenters. The number of carbonyl (C=O) groups is 3. The van der Waals surface area contributed by atoms with E-state index in [0.717, 1.165) is 26.8 Å². The summed E-state index contributed by atoms with van der Waals surface area (Å²) in [5, 5.41) is 0. The van der Waals surface area contributed by atoms with Gasteiger partial charge in [-0.2, -0.15) is 0 Å². The fraction of sp³-hybridized carbons (Fsp3) is 0.625. The molecule has 5 atom stereocenters. The molecule has 0 saturated carbocycles. The summed E-state index contributed by atoms with van der Waals surface area (Å²) in [6.45, 7) is 4.36. The van der Waals surface area contributed by atoms with Crippen LogP contribution in [0.1, 0.15) is 27.7 Å². The maximum Gasteiger partial charge on any atom is 0.390 e. The molecule has 2 aliphatic heterocycles. The van der Waals surface area contributed by atoms with Crippen molar-refractivity contribution in [2.24, 2.45) is 4.99 Å². The minimum Gasteiger partial charge on any atom is -0.476 e. The quantitative estimate of drug-likeness (QED) is 0.314. The summed E-state index contributed by atoms with van der Waals surface area (Å²) >= 11 is 0. The van der Waals surface area contributed by atoms with E-state index in [1.54, 1.807) is 0 Å². The van der Waals surface area contributed by atoms with E-state index in [-0.39, 0.29) is 5.90 Å². The van der Waals surface area contributed by atoms with Crippen LogP contribution in [0.15, 0.2) is 16.6 Å². The lowest BCUT2D eigenvalue weighted by Crippen LogP contribution is -2.54. The zero-order chi connectivity index (χ0) is 21.9. The Morgan fingerprint density at radius 1 is 1.14 bits per heavy atom. The average molecular weight is 435 g/mol. The highest BCUT2D eigenvalue weighted by molar-refractivity contribution is 7.56. The molecule has 0 aromatic rings. The van der Waals surface area contributed by atoms with Gasteiger partial charge in [-0.05, 0) is 0 Å². The molecule has 0 fully saturated rings.